The van der Waals surface area contributed by atoms with Crippen LogP contribution in [0.5, 0.6) is 11.5 Å². The van der Waals surface area contributed by atoms with Gasteiger partial charge in [0, 0.05) is 18.6 Å². The van der Waals surface area contributed by atoms with Crippen LogP contribution < -0.4 is 14.8 Å². The van der Waals surface area contributed by atoms with E-state index in [0.717, 1.165) is 55.8 Å². The number of hydrogen-bond donors (Lipinski definition) is 1. The Morgan fingerprint density at radius 1 is 1.30 bits per heavy atom. The average molecular weight is 316 g/mol. The smallest absolute Gasteiger partial charge is 0.230 e. The summed E-state index contributed by atoms with van der Waals surface area (Å²) in [6.45, 7) is 2.44. The molecule has 2 fully saturated rings. The maximum atomic E-state index is 13.1. The Kier molecular flexibility index (Phi) is 3.89. The molecular weight excluding hydrogens is 292 g/mol. The first-order valence-corrected chi connectivity index (χ1v) is 8.59. The van der Waals surface area contributed by atoms with Crippen LogP contribution in [0.4, 0.5) is 0 Å². The van der Waals surface area contributed by atoms with Crippen molar-refractivity contribution in [3.63, 3.8) is 0 Å². The van der Waals surface area contributed by atoms with Gasteiger partial charge >= 0.3 is 0 Å². The number of methoxy groups -OCH3 is 1. The van der Waals surface area contributed by atoms with Gasteiger partial charge in [-0.15, -0.1) is 0 Å². The number of amides is 1. The molecule has 2 bridgehead atoms. The molecule has 1 N–H and O–H groups in total. The molecule has 5 nitrogen and oxygen atoms in total. The Hall–Kier alpha value is -1.75. The quantitative estimate of drug-likeness (QED) is 0.900. The standard InChI is InChI=1S/C18H24N2O3/c1-22-16-4-5-17-12(9-16)8-13(11-23-17)18(21)20-14-2-3-15(20)10-19-7-6-14/h4-5,9,13-15,19H,2-3,6-8,10-11H2,1H3. The van der Waals surface area contributed by atoms with E-state index in [4.69, 9.17) is 9.47 Å². The average Bonchev–Trinajstić information content (AvgIpc) is 2.86. The van der Waals surface area contributed by atoms with E-state index in [1.165, 1.54) is 0 Å². The molecule has 3 aliphatic heterocycles. The summed E-state index contributed by atoms with van der Waals surface area (Å²) in [6, 6.07) is 6.61. The van der Waals surface area contributed by atoms with Crippen LogP contribution in [0, 0.1) is 5.92 Å². The van der Waals surface area contributed by atoms with Crippen LogP contribution in [0.2, 0.25) is 0 Å². The molecule has 3 heterocycles. The van der Waals surface area contributed by atoms with Gasteiger partial charge in [-0.1, -0.05) is 0 Å². The van der Waals surface area contributed by atoms with Crippen LogP contribution in [0.3, 0.4) is 0 Å². The molecule has 0 saturated carbocycles. The van der Waals surface area contributed by atoms with Crippen molar-refractivity contribution in [1.29, 1.82) is 0 Å². The summed E-state index contributed by atoms with van der Waals surface area (Å²) in [4.78, 5) is 15.3. The van der Waals surface area contributed by atoms with Crippen LogP contribution in [0.1, 0.15) is 24.8 Å². The highest BCUT2D eigenvalue weighted by atomic mass is 16.5. The monoisotopic (exact) mass is 316 g/mol. The molecule has 3 unspecified atom stereocenters. The van der Waals surface area contributed by atoms with Crippen molar-refractivity contribution in [3.05, 3.63) is 23.8 Å². The number of nitrogens with one attached hydrogen (secondary N) is 1. The number of fused-ring (bicyclic) bond motifs is 3. The first-order valence-electron chi connectivity index (χ1n) is 8.59. The van der Waals surface area contributed by atoms with Crippen molar-refractivity contribution in [2.24, 2.45) is 5.92 Å². The number of nitrogens with zero attached hydrogens (tertiary/aromatic N) is 1. The van der Waals surface area contributed by atoms with Gasteiger partial charge in [-0.25, -0.2) is 0 Å². The first-order chi connectivity index (χ1) is 11.3. The third-order valence-corrected chi connectivity index (χ3v) is 5.43. The zero-order valence-electron chi connectivity index (χ0n) is 13.6. The van der Waals surface area contributed by atoms with Gasteiger partial charge in [-0.2, -0.15) is 0 Å². The van der Waals surface area contributed by atoms with Crippen molar-refractivity contribution in [2.75, 3.05) is 26.8 Å². The van der Waals surface area contributed by atoms with Gasteiger partial charge in [0.25, 0.3) is 0 Å². The number of rotatable bonds is 2. The predicted octanol–water partition coefficient (Wildman–Crippen LogP) is 1.60. The maximum Gasteiger partial charge on any atom is 0.230 e. The summed E-state index contributed by atoms with van der Waals surface area (Å²) in [5.41, 5.74) is 1.08. The fraction of sp³-hybridized carbons (Fsp3) is 0.611. The van der Waals surface area contributed by atoms with E-state index in [0.29, 0.717) is 18.7 Å². The Bertz CT molecular complexity index is 590. The highest BCUT2D eigenvalue weighted by Crippen LogP contribution is 2.34. The second kappa shape index (κ2) is 6.04. The molecule has 1 aromatic carbocycles. The lowest BCUT2D eigenvalue weighted by molar-refractivity contribution is -0.139. The molecular formula is C18H24N2O3. The van der Waals surface area contributed by atoms with E-state index in [9.17, 15) is 4.79 Å². The van der Waals surface area contributed by atoms with E-state index in [2.05, 4.69) is 10.2 Å². The Morgan fingerprint density at radius 3 is 3.04 bits per heavy atom. The van der Waals surface area contributed by atoms with Crippen molar-refractivity contribution >= 4 is 5.91 Å². The molecule has 2 saturated heterocycles. The fourth-order valence-electron chi connectivity index (χ4n) is 4.21. The summed E-state index contributed by atoms with van der Waals surface area (Å²) in [5, 5.41) is 3.46. The molecule has 0 spiro atoms. The SMILES string of the molecule is COc1ccc2c(c1)CC(C(=O)N1C3CCNCC1CC3)CO2. The van der Waals surface area contributed by atoms with Gasteiger partial charge in [0.15, 0.2) is 0 Å². The van der Waals surface area contributed by atoms with Gasteiger partial charge in [0.05, 0.1) is 13.0 Å². The third-order valence-electron chi connectivity index (χ3n) is 5.43. The van der Waals surface area contributed by atoms with Gasteiger partial charge in [0.1, 0.15) is 18.1 Å². The van der Waals surface area contributed by atoms with Crippen molar-refractivity contribution in [1.82, 2.24) is 10.2 Å². The topological polar surface area (TPSA) is 50.8 Å². The highest BCUT2D eigenvalue weighted by molar-refractivity contribution is 5.81. The molecule has 0 aliphatic carbocycles. The lowest BCUT2D eigenvalue weighted by Crippen LogP contribution is -2.47. The highest BCUT2D eigenvalue weighted by Gasteiger charge is 2.41. The minimum Gasteiger partial charge on any atom is -0.497 e. The van der Waals surface area contributed by atoms with E-state index >= 15 is 0 Å². The Morgan fingerprint density at radius 2 is 2.17 bits per heavy atom. The summed E-state index contributed by atoms with van der Waals surface area (Å²) >= 11 is 0. The Balaban J connectivity index is 1.53. The second-order valence-electron chi connectivity index (χ2n) is 6.81. The number of carbonyl (C=O) groups is 1. The molecule has 3 aliphatic rings. The van der Waals surface area contributed by atoms with E-state index in [1.807, 2.05) is 18.2 Å². The molecule has 4 rings (SSSR count). The minimum atomic E-state index is -0.0733. The van der Waals surface area contributed by atoms with Crippen LogP contribution in [-0.2, 0) is 11.2 Å². The van der Waals surface area contributed by atoms with E-state index < -0.39 is 0 Å². The lowest BCUT2D eigenvalue weighted by Gasteiger charge is -2.33. The molecule has 0 aromatic heterocycles. The zero-order chi connectivity index (χ0) is 15.8. The predicted molar refractivity (Wildman–Crippen MR) is 86.8 cm³/mol. The lowest BCUT2D eigenvalue weighted by atomic mass is 9.94. The third kappa shape index (κ3) is 2.67. The van der Waals surface area contributed by atoms with Gasteiger partial charge in [-0.05, 0) is 56.0 Å². The van der Waals surface area contributed by atoms with E-state index in [1.54, 1.807) is 7.11 Å². The molecule has 1 amide bonds. The largest absolute Gasteiger partial charge is 0.497 e. The molecule has 23 heavy (non-hydrogen) atoms. The summed E-state index contributed by atoms with van der Waals surface area (Å²) in [7, 11) is 1.66. The molecule has 1 aromatic rings. The first kappa shape index (κ1) is 14.8. The molecule has 5 heteroatoms. The molecule has 0 radical (unpaired) electrons. The second-order valence-corrected chi connectivity index (χ2v) is 6.81. The summed E-state index contributed by atoms with van der Waals surface area (Å²) in [6.07, 6.45) is 4.09. The number of hydrogen-bond acceptors (Lipinski definition) is 4. The van der Waals surface area contributed by atoms with Gasteiger partial charge in [-0.3, -0.25) is 4.79 Å². The zero-order valence-corrected chi connectivity index (χ0v) is 13.6. The van der Waals surface area contributed by atoms with Crippen LogP contribution in [-0.4, -0.2) is 49.7 Å². The van der Waals surface area contributed by atoms with Gasteiger partial charge in [0.2, 0.25) is 5.91 Å². The Labute approximate surface area is 136 Å². The van der Waals surface area contributed by atoms with Crippen LogP contribution >= 0.6 is 0 Å². The summed E-state index contributed by atoms with van der Waals surface area (Å²) < 4.78 is 11.1. The van der Waals surface area contributed by atoms with Crippen LogP contribution in [0.15, 0.2) is 18.2 Å². The van der Waals surface area contributed by atoms with Crippen LogP contribution in [0.25, 0.3) is 0 Å². The fourth-order valence-corrected chi connectivity index (χ4v) is 4.21. The molecule has 3 atom stereocenters. The maximum absolute atomic E-state index is 13.1. The number of carbonyl (C=O) groups excluding carboxylic acids is 1. The van der Waals surface area contributed by atoms with Crippen molar-refractivity contribution < 1.29 is 14.3 Å². The van der Waals surface area contributed by atoms with Crippen molar-refractivity contribution in [3.8, 4) is 11.5 Å². The number of benzene rings is 1. The van der Waals surface area contributed by atoms with E-state index in [-0.39, 0.29) is 11.8 Å². The minimum absolute atomic E-state index is 0.0733. The molecule has 124 valence electrons. The summed E-state index contributed by atoms with van der Waals surface area (Å²) in [5.74, 6) is 1.90. The van der Waals surface area contributed by atoms with Gasteiger partial charge < -0.3 is 19.7 Å². The normalized spacial score (nSPS) is 29.4. The number of ether oxygens (including phenoxy) is 2. The van der Waals surface area contributed by atoms with Crippen molar-refractivity contribution in [2.45, 2.75) is 37.8 Å².